The minimum atomic E-state index is 0. The number of hydrogen-bond donors (Lipinski definition) is 0. The third-order valence-corrected chi connectivity index (χ3v) is 4.88. The molecular weight excluding hydrogens is 278 g/mol. The molecule has 0 aliphatic heterocycles. The molecular formula is C22H29N. The Hall–Kier alpha value is -1.89. The van der Waals surface area contributed by atoms with Crippen LogP contribution in [0.4, 0.5) is 0 Å². The standard InChI is InChI=1S/C21H25N.CH4/c1-12-9-8-10-16-19(21(5,6)7)18-15(4)14(3)13(2)11-17(18)22-20(12)16;/h8-11H,1-7H3;1H4. The molecule has 0 radical (unpaired) electrons. The molecule has 0 aliphatic carbocycles. The van der Waals surface area contributed by atoms with E-state index in [1.807, 2.05) is 0 Å². The summed E-state index contributed by atoms with van der Waals surface area (Å²) in [5, 5.41) is 2.64. The Bertz CT molecular complexity index is 896. The molecule has 1 aromatic heterocycles. The van der Waals surface area contributed by atoms with Crippen LogP contribution in [-0.4, -0.2) is 4.98 Å². The number of hydrogen-bond acceptors (Lipinski definition) is 1. The third-order valence-electron chi connectivity index (χ3n) is 4.88. The highest BCUT2D eigenvalue weighted by Gasteiger charge is 2.23. The van der Waals surface area contributed by atoms with Crippen molar-refractivity contribution in [3.05, 3.63) is 52.1 Å². The lowest BCUT2D eigenvalue weighted by Gasteiger charge is -2.26. The van der Waals surface area contributed by atoms with Gasteiger partial charge in [0.1, 0.15) is 0 Å². The van der Waals surface area contributed by atoms with E-state index in [9.17, 15) is 0 Å². The van der Waals surface area contributed by atoms with Gasteiger partial charge in [-0.2, -0.15) is 0 Å². The molecule has 0 amide bonds. The van der Waals surface area contributed by atoms with Crippen molar-refractivity contribution in [3.63, 3.8) is 0 Å². The zero-order valence-electron chi connectivity index (χ0n) is 14.8. The van der Waals surface area contributed by atoms with Gasteiger partial charge in [0.05, 0.1) is 11.0 Å². The summed E-state index contributed by atoms with van der Waals surface area (Å²) in [6, 6.07) is 8.78. The van der Waals surface area contributed by atoms with Crippen LogP contribution < -0.4 is 0 Å². The quantitative estimate of drug-likeness (QED) is 0.429. The second-order valence-corrected chi connectivity index (χ2v) is 7.55. The lowest BCUT2D eigenvalue weighted by molar-refractivity contribution is 0.600. The Morgan fingerprint density at radius 2 is 1.52 bits per heavy atom. The first kappa shape index (κ1) is 17.5. The molecule has 2 aromatic carbocycles. The van der Waals surface area contributed by atoms with Gasteiger partial charge in [0.15, 0.2) is 0 Å². The zero-order chi connectivity index (χ0) is 16.2. The lowest BCUT2D eigenvalue weighted by atomic mass is 9.79. The van der Waals surface area contributed by atoms with Crippen LogP contribution in [-0.2, 0) is 5.41 Å². The van der Waals surface area contributed by atoms with E-state index in [0.29, 0.717) is 0 Å². The van der Waals surface area contributed by atoms with E-state index in [0.717, 1.165) is 11.0 Å². The van der Waals surface area contributed by atoms with Crippen LogP contribution in [0.2, 0.25) is 0 Å². The van der Waals surface area contributed by atoms with Crippen molar-refractivity contribution in [2.24, 2.45) is 0 Å². The van der Waals surface area contributed by atoms with E-state index in [2.05, 4.69) is 72.7 Å². The van der Waals surface area contributed by atoms with Crippen molar-refractivity contribution >= 4 is 21.8 Å². The highest BCUT2D eigenvalue weighted by molar-refractivity contribution is 6.01. The summed E-state index contributed by atoms with van der Waals surface area (Å²) in [5.41, 5.74) is 9.11. The van der Waals surface area contributed by atoms with Crippen molar-refractivity contribution in [1.29, 1.82) is 0 Å². The van der Waals surface area contributed by atoms with Gasteiger partial charge in [0.25, 0.3) is 0 Å². The van der Waals surface area contributed by atoms with Gasteiger partial charge in [-0.05, 0) is 67.0 Å². The van der Waals surface area contributed by atoms with E-state index < -0.39 is 0 Å². The minimum Gasteiger partial charge on any atom is -0.247 e. The van der Waals surface area contributed by atoms with Crippen LogP contribution in [0.25, 0.3) is 21.8 Å². The molecule has 0 atom stereocenters. The Labute approximate surface area is 140 Å². The Morgan fingerprint density at radius 3 is 2.13 bits per heavy atom. The summed E-state index contributed by atoms with van der Waals surface area (Å²) in [4.78, 5) is 5.01. The van der Waals surface area contributed by atoms with Crippen LogP contribution in [0.5, 0.6) is 0 Å². The molecule has 1 nitrogen and oxygen atoms in total. The van der Waals surface area contributed by atoms with Gasteiger partial charge in [0.2, 0.25) is 0 Å². The summed E-state index contributed by atoms with van der Waals surface area (Å²) < 4.78 is 0. The van der Waals surface area contributed by atoms with Gasteiger partial charge in [-0.25, -0.2) is 4.98 Å². The van der Waals surface area contributed by atoms with E-state index in [-0.39, 0.29) is 12.8 Å². The predicted molar refractivity (Wildman–Crippen MR) is 104 cm³/mol. The molecule has 0 spiro atoms. The molecule has 0 saturated heterocycles. The summed E-state index contributed by atoms with van der Waals surface area (Å²) in [7, 11) is 0. The number of nitrogens with zero attached hydrogens (tertiary/aromatic N) is 1. The van der Waals surface area contributed by atoms with Crippen LogP contribution in [0.15, 0.2) is 24.3 Å². The maximum absolute atomic E-state index is 5.01. The van der Waals surface area contributed by atoms with Crippen molar-refractivity contribution in [1.82, 2.24) is 4.98 Å². The molecule has 0 bridgehead atoms. The Kier molecular flexibility index (Phi) is 4.28. The summed E-state index contributed by atoms with van der Waals surface area (Å²) in [6.45, 7) is 15.7. The highest BCUT2D eigenvalue weighted by atomic mass is 14.7. The van der Waals surface area contributed by atoms with E-state index in [1.54, 1.807) is 0 Å². The molecule has 0 fully saturated rings. The average molecular weight is 307 g/mol. The highest BCUT2D eigenvalue weighted by Crippen LogP contribution is 2.39. The van der Waals surface area contributed by atoms with E-state index in [1.165, 1.54) is 38.6 Å². The summed E-state index contributed by atoms with van der Waals surface area (Å²) in [5.74, 6) is 0. The maximum Gasteiger partial charge on any atom is 0.0741 e. The summed E-state index contributed by atoms with van der Waals surface area (Å²) in [6.07, 6.45) is 0. The molecule has 1 heterocycles. The second kappa shape index (κ2) is 5.63. The monoisotopic (exact) mass is 307 g/mol. The first-order valence-electron chi connectivity index (χ1n) is 8.02. The van der Waals surface area contributed by atoms with Crippen LogP contribution in [0.3, 0.4) is 0 Å². The first-order chi connectivity index (χ1) is 10.2. The Morgan fingerprint density at radius 1 is 0.870 bits per heavy atom. The largest absolute Gasteiger partial charge is 0.247 e. The number of pyridine rings is 1. The molecule has 3 rings (SSSR count). The summed E-state index contributed by atoms with van der Waals surface area (Å²) >= 11 is 0. The molecule has 0 aliphatic rings. The first-order valence-corrected chi connectivity index (χ1v) is 8.02. The number of benzene rings is 2. The average Bonchev–Trinajstić information content (AvgIpc) is 2.43. The zero-order valence-corrected chi connectivity index (χ0v) is 14.8. The SMILES string of the molecule is C.Cc1cc2nc3c(C)cccc3c(C(C)(C)C)c2c(C)c1C. The van der Waals surface area contributed by atoms with Crippen molar-refractivity contribution in [2.45, 2.75) is 61.3 Å². The molecule has 1 heteroatoms. The fourth-order valence-electron chi connectivity index (χ4n) is 3.51. The minimum absolute atomic E-state index is 0. The number of fused-ring (bicyclic) bond motifs is 2. The normalized spacial score (nSPS) is 11.8. The Balaban J connectivity index is 0.00000192. The van der Waals surface area contributed by atoms with Gasteiger partial charge in [-0.15, -0.1) is 0 Å². The van der Waals surface area contributed by atoms with Crippen molar-refractivity contribution in [2.75, 3.05) is 0 Å². The van der Waals surface area contributed by atoms with Crippen molar-refractivity contribution in [3.8, 4) is 0 Å². The molecule has 3 aromatic rings. The van der Waals surface area contributed by atoms with Gasteiger partial charge in [-0.1, -0.05) is 46.4 Å². The van der Waals surface area contributed by atoms with Gasteiger partial charge >= 0.3 is 0 Å². The van der Waals surface area contributed by atoms with E-state index >= 15 is 0 Å². The topological polar surface area (TPSA) is 12.9 Å². The smallest absolute Gasteiger partial charge is 0.0741 e. The van der Waals surface area contributed by atoms with Crippen LogP contribution in [0, 0.1) is 27.7 Å². The van der Waals surface area contributed by atoms with Gasteiger partial charge < -0.3 is 0 Å². The molecule has 0 unspecified atom stereocenters. The van der Waals surface area contributed by atoms with Gasteiger partial charge in [0, 0.05) is 10.8 Å². The fraction of sp³-hybridized carbons (Fsp3) is 0.409. The number of para-hydroxylation sites is 1. The molecule has 122 valence electrons. The number of rotatable bonds is 0. The second-order valence-electron chi connectivity index (χ2n) is 7.55. The molecule has 23 heavy (non-hydrogen) atoms. The van der Waals surface area contributed by atoms with Gasteiger partial charge in [-0.3, -0.25) is 0 Å². The third kappa shape index (κ3) is 2.63. The van der Waals surface area contributed by atoms with Crippen molar-refractivity contribution < 1.29 is 0 Å². The van der Waals surface area contributed by atoms with E-state index in [4.69, 9.17) is 4.98 Å². The predicted octanol–water partition coefficient (Wildman–Crippen LogP) is 6.56. The molecule has 0 saturated carbocycles. The lowest BCUT2D eigenvalue weighted by Crippen LogP contribution is -2.14. The molecule has 0 N–H and O–H groups in total. The number of aryl methyl sites for hydroxylation is 3. The maximum atomic E-state index is 5.01. The number of aromatic nitrogens is 1. The van der Waals surface area contributed by atoms with Crippen LogP contribution in [0.1, 0.15) is 56.0 Å². The van der Waals surface area contributed by atoms with Crippen LogP contribution >= 0.6 is 0 Å². The fourth-order valence-corrected chi connectivity index (χ4v) is 3.51.